The topological polar surface area (TPSA) is 82.1 Å². The van der Waals surface area contributed by atoms with Gasteiger partial charge in [0.25, 0.3) is 0 Å². The molecule has 1 saturated carbocycles. The maximum Gasteiger partial charge on any atom is 0.310 e. The number of Topliss-reactive ketones (excluding diaryl/α,β-unsaturated/α-hetero) is 1. The van der Waals surface area contributed by atoms with E-state index in [0.29, 0.717) is 55.6 Å². The van der Waals surface area contributed by atoms with Gasteiger partial charge in [-0.1, -0.05) is 36.8 Å². The van der Waals surface area contributed by atoms with Gasteiger partial charge in [-0.05, 0) is 62.3 Å². The van der Waals surface area contributed by atoms with Crippen molar-refractivity contribution in [1.82, 2.24) is 0 Å². The molecular formula is C28H36O6. The molecule has 1 aliphatic rings. The SMILES string of the molecule is COCCOc1ccc(C(=O)CC2(C(=O)O)CCC(C)CC2)cc1OCCc1cccc(C)c1. The van der Waals surface area contributed by atoms with Gasteiger partial charge in [0.2, 0.25) is 0 Å². The van der Waals surface area contributed by atoms with Crippen molar-refractivity contribution >= 4 is 11.8 Å². The first-order valence-corrected chi connectivity index (χ1v) is 12.0. The van der Waals surface area contributed by atoms with Gasteiger partial charge in [-0.3, -0.25) is 9.59 Å². The van der Waals surface area contributed by atoms with E-state index in [1.54, 1.807) is 25.3 Å². The maximum atomic E-state index is 13.2. The lowest BCUT2D eigenvalue weighted by Crippen LogP contribution is -2.37. The summed E-state index contributed by atoms with van der Waals surface area (Å²) in [7, 11) is 1.61. The highest BCUT2D eigenvalue weighted by molar-refractivity contribution is 5.99. The largest absolute Gasteiger partial charge is 0.489 e. The molecule has 0 unspecified atom stereocenters. The lowest BCUT2D eigenvalue weighted by Gasteiger charge is -2.35. The Morgan fingerprint density at radius 2 is 1.74 bits per heavy atom. The van der Waals surface area contributed by atoms with Crippen LogP contribution in [0.25, 0.3) is 0 Å². The quantitative estimate of drug-likeness (QED) is 0.327. The number of methoxy groups -OCH3 is 1. The van der Waals surface area contributed by atoms with Crippen molar-refractivity contribution in [2.75, 3.05) is 26.9 Å². The number of ether oxygens (including phenoxy) is 3. The molecule has 0 spiro atoms. The Bertz CT molecular complexity index is 975. The second-order valence-electron chi connectivity index (χ2n) is 9.46. The molecule has 2 aromatic carbocycles. The van der Waals surface area contributed by atoms with E-state index in [0.717, 1.165) is 19.3 Å². The molecule has 0 bridgehead atoms. The van der Waals surface area contributed by atoms with Crippen LogP contribution in [0, 0.1) is 18.3 Å². The fourth-order valence-electron chi connectivity index (χ4n) is 4.49. The van der Waals surface area contributed by atoms with Gasteiger partial charge >= 0.3 is 5.97 Å². The molecule has 0 saturated heterocycles. The number of aryl methyl sites for hydroxylation is 1. The number of benzene rings is 2. The molecule has 0 atom stereocenters. The molecular weight excluding hydrogens is 432 g/mol. The third kappa shape index (κ3) is 6.83. The highest BCUT2D eigenvalue weighted by Gasteiger charge is 2.43. The molecule has 184 valence electrons. The van der Waals surface area contributed by atoms with Gasteiger partial charge in [0, 0.05) is 25.5 Å². The molecule has 0 heterocycles. The summed E-state index contributed by atoms with van der Waals surface area (Å²) in [6.07, 6.45) is 3.46. The van der Waals surface area contributed by atoms with Gasteiger partial charge < -0.3 is 19.3 Å². The summed E-state index contributed by atoms with van der Waals surface area (Å²) in [5.41, 5.74) is 1.83. The molecule has 6 heteroatoms. The number of ketones is 1. The van der Waals surface area contributed by atoms with E-state index in [-0.39, 0.29) is 12.2 Å². The monoisotopic (exact) mass is 468 g/mol. The first-order chi connectivity index (χ1) is 16.3. The van der Waals surface area contributed by atoms with E-state index >= 15 is 0 Å². The van der Waals surface area contributed by atoms with E-state index < -0.39 is 11.4 Å². The van der Waals surface area contributed by atoms with Crippen molar-refractivity contribution in [3.8, 4) is 11.5 Å². The van der Waals surface area contributed by atoms with E-state index in [2.05, 4.69) is 32.0 Å². The van der Waals surface area contributed by atoms with Crippen LogP contribution >= 0.6 is 0 Å². The van der Waals surface area contributed by atoms with Crippen LogP contribution in [0.15, 0.2) is 42.5 Å². The summed E-state index contributed by atoms with van der Waals surface area (Å²) in [5, 5.41) is 9.93. The second-order valence-corrected chi connectivity index (χ2v) is 9.46. The number of hydrogen-bond acceptors (Lipinski definition) is 5. The molecule has 1 aliphatic carbocycles. The third-order valence-corrected chi connectivity index (χ3v) is 6.73. The number of carboxylic acid groups (broad SMARTS) is 1. The van der Waals surface area contributed by atoms with E-state index in [1.165, 1.54) is 11.1 Å². The first-order valence-electron chi connectivity index (χ1n) is 12.0. The molecule has 0 aliphatic heterocycles. The molecule has 34 heavy (non-hydrogen) atoms. The standard InChI is InChI=1S/C28H36O6/c1-20-9-12-28(13-10-20,27(30)31)19-24(29)23-7-8-25(34-16-15-32-3)26(18-23)33-14-11-22-6-4-5-21(2)17-22/h4-8,17-18,20H,9-16,19H2,1-3H3,(H,30,31). The van der Waals surface area contributed by atoms with Crippen molar-refractivity contribution in [2.45, 2.75) is 52.4 Å². The summed E-state index contributed by atoms with van der Waals surface area (Å²) >= 11 is 0. The van der Waals surface area contributed by atoms with Gasteiger partial charge in [-0.2, -0.15) is 0 Å². The highest BCUT2D eigenvalue weighted by atomic mass is 16.5. The van der Waals surface area contributed by atoms with E-state index in [4.69, 9.17) is 14.2 Å². The Hall–Kier alpha value is -2.86. The van der Waals surface area contributed by atoms with Crippen molar-refractivity contribution in [2.24, 2.45) is 11.3 Å². The number of hydrogen-bond donors (Lipinski definition) is 1. The summed E-state index contributed by atoms with van der Waals surface area (Å²) < 4.78 is 16.9. The van der Waals surface area contributed by atoms with Crippen molar-refractivity contribution < 1.29 is 28.9 Å². The van der Waals surface area contributed by atoms with Gasteiger partial charge in [0.05, 0.1) is 18.6 Å². The normalized spacial score (nSPS) is 20.0. The number of carbonyl (C=O) groups excluding carboxylic acids is 1. The molecule has 2 aromatic rings. The molecule has 1 N–H and O–H groups in total. The number of aliphatic carboxylic acids is 1. The Morgan fingerprint density at radius 1 is 1.00 bits per heavy atom. The highest BCUT2D eigenvalue weighted by Crippen LogP contribution is 2.43. The fraction of sp³-hybridized carbons (Fsp3) is 0.500. The predicted octanol–water partition coefficient (Wildman–Crippen LogP) is 5.50. The lowest BCUT2D eigenvalue weighted by molar-refractivity contribution is -0.151. The fourth-order valence-corrected chi connectivity index (χ4v) is 4.49. The summed E-state index contributed by atoms with van der Waals surface area (Å²) in [6, 6.07) is 13.4. The van der Waals surface area contributed by atoms with Crippen LogP contribution in [0.4, 0.5) is 0 Å². The minimum absolute atomic E-state index is 0.00165. The molecule has 0 aromatic heterocycles. The van der Waals surface area contributed by atoms with E-state index in [1.807, 2.05) is 6.07 Å². The predicted molar refractivity (Wildman–Crippen MR) is 131 cm³/mol. The van der Waals surface area contributed by atoms with Crippen LogP contribution in [0.2, 0.25) is 0 Å². The van der Waals surface area contributed by atoms with Crippen molar-refractivity contribution in [1.29, 1.82) is 0 Å². The first kappa shape index (κ1) is 25.8. The lowest BCUT2D eigenvalue weighted by atomic mass is 9.68. The summed E-state index contributed by atoms with van der Waals surface area (Å²) in [6.45, 7) is 5.41. The van der Waals surface area contributed by atoms with Gasteiger partial charge in [-0.25, -0.2) is 0 Å². The Balaban J connectivity index is 1.74. The number of rotatable bonds is 12. The van der Waals surface area contributed by atoms with Crippen molar-refractivity contribution in [3.63, 3.8) is 0 Å². The third-order valence-electron chi connectivity index (χ3n) is 6.73. The van der Waals surface area contributed by atoms with Gasteiger partial charge in [0.15, 0.2) is 17.3 Å². The van der Waals surface area contributed by atoms with Crippen LogP contribution in [0.3, 0.4) is 0 Å². The molecule has 3 rings (SSSR count). The van der Waals surface area contributed by atoms with Crippen LogP contribution in [0.5, 0.6) is 11.5 Å². The van der Waals surface area contributed by atoms with Gasteiger partial charge in [-0.15, -0.1) is 0 Å². The summed E-state index contributed by atoms with van der Waals surface area (Å²) in [5.74, 6) is 0.471. The van der Waals surface area contributed by atoms with Crippen LogP contribution < -0.4 is 9.47 Å². The zero-order valence-electron chi connectivity index (χ0n) is 20.5. The minimum Gasteiger partial charge on any atom is -0.489 e. The molecule has 6 nitrogen and oxygen atoms in total. The van der Waals surface area contributed by atoms with Crippen LogP contribution in [-0.2, 0) is 16.0 Å². The maximum absolute atomic E-state index is 13.2. The van der Waals surface area contributed by atoms with E-state index in [9.17, 15) is 14.7 Å². The van der Waals surface area contributed by atoms with Crippen LogP contribution in [-0.4, -0.2) is 43.8 Å². The molecule has 0 amide bonds. The Labute approximate surface area is 202 Å². The Morgan fingerprint density at radius 3 is 2.41 bits per heavy atom. The second kappa shape index (κ2) is 12.0. The molecule has 0 radical (unpaired) electrons. The zero-order chi connectivity index (χ0) is 24.6. The average molecular weight is 469 g/mol. The van der Waals surface area contributed by atoms with Crippen molar-refractivity contribution in [3.05, 3.63) is 59.2 Å². The molecule has 1 fully saturated rings. The number of carbonyl (C=O) groups is 2. The number of carboxylic acids is 1. The zero-order valence-corrected chi connectivity index (χ0v) is 20.5. The summed E-state index contributed by atoms with van der Waals surface area (Å²) in [4.78, 5) is 25.3. The minimum atomic E-state index is -0.983. The average Bonchev–Trinajstić information content (AvgIpc) is 2.81. The van der Waals surface area contributed by atoms with Crippen LogP contribution in [0.1, 0.15) is 60.5 Å². The smallest absolute Gasteiger partial charge is 0.310 e. The van der Waals surface area contributed by atoms with Gasteiger partial charge in [0.1, 0.15) is 6.61 Å². The Kier molecular flexibility index (Phi) is 9.11.